The lowest BCUT2D eigenvalue weighted by Crippen LogP contribution is -2.25. The molecule has 0 aliphatic carbocycles. The summed E-state index contributed by atoms with van der Waals surface area (Å²) >= 11 is 0. The Morgan fingerprint density at radius 3 is 2.10 bits per heavy atom. The van der Waals surface area contributed by atoms with Crippen LogP contribution in [0.3, 0.4) is 0 Å². The van der Waals surface area contributed by atoms with Crippen molar-refractivity contribution in [2.45, 2.75) is 45.8 Å². The van der Waals surface area contributed by atoms with Crippen LogP contribution in [0.1, 0.15) is 33.6 Å². The van der Waals surface area contributed by atoms with Gasteiger partial charge in [-0.15, -0.1) is 0 Å². The van der Waals surface area contributed by atoms with E-state index in [2.05, 4.69) is 27.7 Å². The fraction of sp³-hybridized carbons (Fsp3) is 0.889. The van der Waals surface area contributed by atoms with E-state index in [9.17, 15) is 0 Å². The maximum atomic E-state index is 5.61. The second-order valence-corrected chi connectivity index (χ2v) is 4.19. The van der Waals surface area contributed by atoms with Crippen LogP contribution in [0.25, 0.3) is 0 Å². The number of hydrogen-bond acceptors (Lipinski definition) is 1. The summed E-state index contributed by atoms with van der Waals surface area (Å²) in [6.45, 7) is 10.5. The first-order valence-electron chi connectivity index (χ1n) is 3.98. The normalized spacial score (nSPS) is 34.8. The largest absolute Gasteiger partial charge is 0.374 e. The van der Waals surface area contributed by atoms with Gasteiger partial charge in [0.05, 0.1) is 12.2 Å². The average Bonchev–Trinajstić information content (AvgIpc) is 2.11. The highest BCUT2D eigenvalue weighted by molar-refractivity contribution is 4.83. The van der Waals surface area contributed by atoms with Gasteiger partial charge < -0.3 is 4.74 Å². The van der Waals surface area contributed by atoms with Crippen LogP contribution in [0.4, 0.5) is 0 Å². The lowest BCUT2D eigenvalue weighted by molar-refractivity contribution is 0.00126. The number of rotatable bonds is 0. The van der Waals surface area contributed by atoms with Crippen LogP contribution in [-0.2, 0) is 4.74 Å². The molecular formula is C9H17O. The maximum absolute atomic E-state index is 5.61. The van der Waals surface area contributed by atoms with E-state index in [1.165, 1.54) is 6.42 Å². The van der Waals surface area contributed by atoms with E-state index >= 15 is 0 Å². The van der Waals surface area contributed by atoms with E-state index in [1.807, 2.05) is 0 Å². The first kappa shape index (κ1) is 8.06. The highest BCUT2D eigenvalue weighted by Gasteiger charge is 2.31. The van der Waals surface area contributed by atoms with Gasteiger partial charge in [0, 0.05) is 0 Å². The molecule has 1 fully saturated rings. The summed E-state index contributed by atoms with van der Waals surface area (Å²) in [5.41, 5.74) is 0.298. The predicted molar refractivity (Wildman–Crippen MR) is 42.7 cm³/mol. The summed E-state index contributed by atoms with van der Waals surface area (Å²) < 4.78 is 5.61. The molecule has 1 radical (unpaired) electrons. The fourth-order valence-electron chi connectivity index (χ4n) is 1.34. The van der Waals surface area contributed by atoms with Crippen LogP contribution in [0, 0.1) is 12.3 Å². The van der Waals surface area contributed by atoms with Gasteiger partial charge in [0.1, 0.15) is 0 Å². The predicted octanol–water partition coefficient (Wildman–Crippen LogP) is 2.41. The van der Waals surface area contributed by atoms with E-state index in [0.717, 1.165) is 6.42 Å². The Morgan fingerprint density at radius 1 is 1.30 bits per heavy atom. The molecule has 1 saturated heterocycles. The molecule has 0 aromatic carbocycles. The van der Waals surface area contributed by atoms with Gasteiger partial charge in [-0.2, -0.15) is 0 Å². The van der Waals surface area contributed by atoms with Gasteiger partial charge in [-0.1, -0.05) is 20.8 Å². The van der Waals surface area contributed by atoms with E-state index in [0.29, 0.717) is 11.5 Å². The monoisotopic (exact) mass is 141 g/mol. The molecule has 0 unspecified atom stereocenters. The molecule has 1 aliphatic heterocycles. The topological polar surface area (TPSA) is 9.23 Å². The third-order valence-electron chi connectivity index (χ3n) is 2.07. The molecule has 1 rings (SSSR count). The van der Waals surface area contributed by atoms with E-state index in [-0.39, 0.29) is 6.10 Å². The molecule has 59 valence electrons. The standard InChI is InChI=1S/C9H17O/c1-7-5-6-8(10-7)9(2,3)4/h7-8H,1,5-6H2,2-4H3/t7-,8+/m0/s1. The number of ether oxygens (including phenoxy) is 1. The highest BCUT2D eigenvalue weighted by Crippen LogP contribution is 2.32. The maximum Gasteiger partial charge on any atom is 0.0628 e. The molecule has 1 heterocycles. The SMILES string of the molecule is [CH2][C@H]1CC[C@H](C(C)(C)C)O1. The van der Waals surface area contributed by atoms with Gasteiger partial charge in [-0.05, 0) is 25.2 Å². The highest BCUT2D eigenvalue weighted by atomic mass is 16.5. The minimum atomic E-state index is 0.240. The zero-order valence-electron chi connectivity index (χ0n) is 7.18. The molecule has 0 aromatic rings. The lowest BCUT2D eigenvalue weighted by atomic mass is 9.87. The van der Waals surface area contributed by atoms with Crippen molar-refractivity contribution in [1.29, 1.82) is 0 Å². The summed E-state index contributed by atoms with van der Waals surface area (Å²) in [6, 6.07) is 0. The summed E-state index contributed by atoms with van der Waals surface area (Å²) in [6.07, 6.45) is 2.97. The van der Waals surface area contributed by atoms with E-state index in [1.54, 1.807) is 0 Å². The van der Waals surface area contributed by atoms with Crippen LogP contribution in [0.2, 0.25) is 0 Å². The van der Waals surface area contributed by atoms with E-state index in [4.69, 9.17) is 4.74 Å². The zero-order valence-corrected chi connectivity index (χ0v) is 7.18. The molecular weight excluding hydrogens is 124 g/mol. The Hall–Kier alpha value is -0.0400. The van der Waals surface area contributed by atoms with Crippen molar-refractivity contribution in [2.24, 2.45) is 5.41 Å². The van der Waals surface area contributed by atoms with Gasteiger partial charge >= 0.3 is 0 Å². The van der Waals surface area contributed by atoms with Crippen molar-refractivity contribution in [3.05, 3.63) is 6.92 Å². The third kappa shape index (κ3) is 1.72. The first-order chi connectivity index (χ1) is 4.50. The quantitative estimate of drug-likeness (QED) is 0.503. The van der Waals surface area contributed by atoms with Gasteiger partial charge in [0.15, 0.2) is 0 Å². The molecule has 2 atom stereocenters. The molecule has 0 saturated carbocycles. The van der Waals surface area contributed by atoms with Crippen LogP contribution in [0.15, 0.2) is 0 Å². The Balaban J connectivity index is 2.45. The minimum Gasteiger partial charge on any atom is -0.374 e. The minimum absolute atomic E-state index is 0.240. The summed E-state index contributed by atoms with van der Waals surface area (Å²) in [5.74, 6) is 0. The molecule has 1 heteroatoms. The smallest absolute Gasteiger partial charge is 0.0628 e. The molecule has 0 aromatic heterocycles. The average molecular weight is 141 g/mol. The molecule has 0 bridgehead atoms. The van der Waals surface area contributed by atoms with Gasteiger partial charge in [0.25, 0.3) is 0 Å². The van der Waals surface area contributed by atoms with Crippen molar-refractivity contribution in [3.63, 3.8) is 0 Å². The Bertz CT molecular complexity index is 112. The van der Waals surface area contributed by atoms with E-state index < -0.39 is 0 Å². The van der Waals surface area contributed by atoms with Gasteiger partial charge in [-0.3, -0.25) is 0 Å². The van der Waals surface area contributed by atoms with Crippen LogP contribution < -0.4 is 0 Å². The zero-order chi connectivity index (χ0) is 7.78. The Kier molecular flexibility index (Phi) is 2.04. The molecule has 0 spiro atoms. The second kappa shape index (κ2) is 2.54. The summed E-state index contributed by atoms with van der Waals surface area (Å²) in [4.78, 5) is 0. The van der Waals surface area contributed by atoms with Gasteiger partial charge in [0.2, 0.25) is 0 Å². The molecule has 10 heavy (non-hydrogen) atoms. The van der Waals surface area contributed by atoms with Crippen LogP contribution in [-0.4, -0.2) is 12.2 Å². The molecule has 1 aliphatic rings. The fourth-order valence-corrected chi connectivity index (χ4v) is 1.34. The Morgan fingerprint density at radius 2 is 1.90 bits per heavy atom. The first-order valence-corrected chi connectivity index (χ1v) is 3.98. The van der Waals surface area contributed by atoms with Crippen molar-refractivity contribution in [1.82, 2.24) is 0 Å². The second-order valence-electron chi connectivity index (χ2n) is 4.19. The van der Waals surface area contributed by atoms with Crippen LogP contribution >= 0.6 is 0 Å². The molecule has 0 amide bonds. The molecule has 1 nitrogen and oxygen atoms in total. The van der Waals surface area contributed by atoms with Crippen molar-refractivity contribution < 1.29 is 4.74 Å². The molecule has 0 N–H and O–H groups in total. The third-order valence-corrected chi connectivity index (χ3v) is 2.07. The van der Waals surface area contributed by atoms with Crippen molar-refractivity contribution in [2.75, 3.05) is 0 Å². The van der Waals surface area contributed by atoms with Gasteiger partial charge in [-0.25, -0.2) is 0 Å². The van der Waals surface area contributed by atoms with Crippen molar-refractivity contribution in [3.8, 4) is 0 Å². The number of hydrogen-bond donors (Lipinski definition) is 0. The lowest BCUT2D eigenvalue weighted by Gasteiger charge is -2.26. The van der Waals surface area contributed by atoms with Crippen molar-refractivity contribution >= 4 is 0 Å². The Labute approximate surface area is 63.8 Å². The van der Waals surface area contributed by atoms with Crippen LogP contribution in [0.5, 0.6) is 0 Å². The summed E-state index contributed by atoms with van der Waals surface area (Å²) in [7, 11) is 0. The summed E-state index contributed by atoms with van der Waals surface area (Å²) in [5, 5.41) is 0.